The van der Waals surface area contributed by atoms with Crippen LogP contribution in [0.4, 0.5) is 0 Å². The average Bonchev–Trinajstić information content (AvgIpc) is 3.03. The Hall–Kier alpha value is 0.180. The average molecular weight is 316 g/mol. The van der Waals surface area contributed by atoms with Gasteiger partial charge in [0.1, 0.15) is 0 Å². The molecule has 0 nitrogen and oxygen atoms in total. The summed E-state index contributed by atoms with van der Waals surface area (Å²) >= 11 is 7.39. The second kappa shape index (κ2) is 3.34. The molecular formula is C12H12Br2. The van der Waals surface area contributed by atoms with E-state index in [1.807, 2.05) is 0 Å². The topological polar surface area (TPSA) is 0 Å². The lowest BCUT2D eigenvalue weighted by molar-refractivity contribution is 1.06. The highest BCUT2D eigenvalue weighted by Gasteiger charge is 2.30. The van der Waals surface area contributed by atoms with E-state index in [-0.39, 0.29) is 0 Å². The summed E-state index contributed by atoms with van der Waals surface area (Å²) in [5, 5.41) is 0. The Bertz CT molecular complexity index is 338. The van der Waals surface area contributed by atoms with Crippen LogP contribution in [0.2, 0.25) is 0 Å². The van der Waals surface area contributed by atoms with E-state index in [2.05, 4.69) is 44.0 Å². The summed E-state index contributed by atoms with van der Waals surface area (Å²) in [7, 11) is 0. The summed E-state index contributed by atoms with van der Waals surface area (Å²) < 4.78 is 2.65. The number of hydrogen-bond acceptors (Lipinski definition) is 0. The minimum Gasteiger partial charge on any atom is -0.0505 e. The molecule has 2 saturated carbocycles. The van der Waals surface area contributed by atoms with Gasteiger partial charge in [0, 0.05) is 8.95 Å². The van der Waals surface area contributed by atoms with Gasteiger partial charge in [0.05, 0.1) is 0 Å². The Morgan fingerprint density at radius 2 is 1.14 bits per heavy atom. The Morgan fingerprint density at radius 1 is 0.786 bits per heavy atom. The van der Waals surface area contributed by atoms with Gasteiger partial charge in [-0.05, 0) is 60.8 Å². The quantitative estimate of drug-likeness (QED) is 0.723. The van der Waals surface area contributed by atoms with Gasteiger partial charge >= 0.3 is 0 Å². The number of benzene rings is 1. The Kier molecular flexibility index (Phi) is 2.25. The van der Waals surface area contributed by atoms with Gasteiger partial charge in [-0.15, -0.1) is 0 Å². The molecule has 0 bridgehead atoms. The first-order valence-corrected chi connectivity index (χ1v) is 6.83. The summed E-state index contributed by atoms with van der Waals surface area (Å²) in [6, 6.07) is 4.66. The fourth-order valence-corrected chi connectivity index (χ4v) is 3.36. The van der Waals surface area contributed by atoms with Gasteiger partial charge in [-0.2, -0.15) is 0 Å². The minimum atomic E-state index is 0.828. The predicted octanol–water partition coefficient (Wildman–Crippen LogP) is 4.97. The molecule has 0 spiro atoms. The van der Waals surface area contributed by atoms with Crippen molar-refractivity contribution in [3.05, 3.63) is 32.2 Å². The van der Waals surface area contributed by atoms with E-state index < -0.39 is 0 Å². The molecule has 0 aliphatic heterocycles. The second-order valence-electron chi connectivity index (χ2n) is 4.44. The fraction of sp³-hybridized carbons (Fsp3) is 0.500. The molecule has 2 fully saturated rings. The molecule has 0 saturated heterocycles. The van der Waals surface area contributed by atoms with E-state index in [4.69, 9.17) is 0 Å². The molecule has 2 aliphatic rings. The van der Waals surface area contributed by atoms with Gasteiger partial charge < -0.3 is 0 Å². The summed E-state index contributed by atoms with van der Waals surface area (Å²) in [6.45, 7) is 0. The molecule has 74 valence electrons. The van der Waals surface area contributed by atoms with Crippen LogP contribution in [-0.4, -0.2) is 0 Å². The van der Waals surface area contributed by atoms with Crippen molar-refractivity contribution in [3.63, 3.8) is 0 Å². The Balaban J connectivity index is 2.03. The maximum absolute atomic E-state index is 3.70. The van der Waals surface area contributed by atoms with E-state index in [1.54, 1.807) is 0 Å². The van der Waals surface area contributed by atoms with Crippen molar-refractivity contribution in [2.24, 2.45) is 0 Å². The van der Waals surface area contributed by atoms with Gasteiger partial charge in [0.2, 0.25) is 0 Å². The predicted molar refractivity (Wildman–Crippen MR) is 65.8 cm³/mol. The third kappa shape index (κ3) is 1.67. The van der Waals surface area contributed by atoms with Crippen LogP contribution in [0.5, 0.6) is 0 Å². The van der Waals surface area contributed by atoms with Crippen LogP contribution in [0.3, 0.4) is 0 Å². The van der Waals surface area contributed by atoms with E-state index >= 15 is 0 Å². The molecule has 0 heterocycles. The lowest BCUT2D eigenvalue weighted by atomic mass is 10.1. The number of halogens is 2. The molecule has 0 radical (unpaired) electrons. The van der Waals surface area contributed by atoms with E-state index in [0.717, 1.165) is 11.8 Å². The van der Waals surface area contributed by atoms with Crippen LogP contribution < -0.4 is 0 Å². The molecule has 0 aromatic heterocycles. The normalized spacial score (nSPS) is 21.3. The highest BCUT2D eigenvalue weighted by molar-refractivity contribution is 9.11. The molecule has 0 N–H and O–H groups in total. The lowest BCUT2D eigenvalue weighted by Crippen LogP contribution is -1.88. The van der Waals surface area contributed by atoms with Crippen molar-refractivity contribution >= 4 is 31.9 Å². The van der Waals surface area contributed by atoms with Crippen LogP contribution in [0.25, 0.3) is 0 Å². The summed E-state index contributed by atoms with van der Waals surface area (Å²) in [6.07, 6.45) is 5.48. The zero-order valence-electron chi connectivity index (χ0n) is 7.89. The van der Waals surface area contributed by atoms with Gasteiger partial charge in [-0.1, -0.05) is 31.9 Å². The van der Waals surface area contributed by atoms with Crippen molar-refractivity contribution in [2.45, 2.75) is 37.5 Å². The third-order valence-corrected chi connectivity index (χ3v) is 4.52. The Morgan fingerprint density at radius 3 is 1.43 bits per heavy atom. The van der Waals surface area contributed by atoms with Gasteiger partial charge in [0.15, 0.2) is 0 Å². The van der Waals surface area contributed by atoms with Crippen LogP contribution in [0.1, 0.15) is 48.6 Å². The van der Waals surface area contributed by atoms with Crippen molar-refractivity contribution in [1.82, 2.24) is 0 Å². The summed E-state index contributed by atoms with van der Waals surface area (Å²) in [5.74, 6) is 1.66. The van der Waals surface area contributed by atoms with Crippen molar-refractivity contribution < 1.29 is 0 Å². The number of hydrogen-bond donors (Lipinski definition) is 0. The molecule has 0 unspecified atom stereocenters. The molecule has 2 aliphatic carbocycles. The lowest BCUT2D eigenvalue weighted by Gasteiger charge is -2.08. The molecule has 14 heavy (non-hydrogen) atoms. The van der Waals surface area contributed by atoms with Gasteiger partial charge in [0.25, 0.3) is 0 Å². The van der Waals surface area contributed by atoms with E-state index in [0.29, 0.717) is 0 Å². The smallest absolute Gasteiger partial charge is 0.0213 e. The molecular weight excluding hydrogens is 304 g/mol. The first-order chi connectivity index (χ1) is 6.75. The van der Waals surface area contributed by atoms with Crippen molar-refractivity contribution in [2.75, 3.05) is 0 Å². The first kappa shape index (κ1) is 9.41. The SMILES string of the molecule is Brc1cc(C2CC2)c(Br)cc1C1CC1. The molecule has 3 rings (SSSR count). The largest absolute Gasteiger partial charge is 0.0505 e. The summed E-state index contributed by atoms with van der Waals surface area (Å²) in [5.41, 5.74) is 3.00. The molecule has 1 aromatic rings. The maximum atomic E-state index is 3.70. The molecule has 1 aromatic carbocycles. The molecule has 2 heteroatoms. The van der Waals surface area contributed by atoms with Crippen LogP contribution in [-0.2, 0) is 0 Å². The van der Waals surface area contributed by atoms with Crippen LogP contribution in [0.15, 0.2) is 21.1 Å². The van der Waals surface area contributed by atoms with E-state index in [1.165, 1.54) is 45.8 Å². The monoisotopic (exact) mass is 314 g/mol. The van der Waals surface area contributed by atoms with Crippen molar-refractivity contribution in [3.8, 4) is 0 Å². The second-order valence-corrected chi connectivity index (χ2v) is 6.15. The zero-order valence-corrected chi connectivity index (χ0v) is 11.1. The van der Waals surface area contributed by atoms with Crippen LogP contribution >= 0.6 is 31.9 Å². The number of rotatable bonds is 2. The van der Waals surface area contributed by atoms with Crippen molar-refractivity contribution in [1.29, 1.82) is 0 Å². The highest BCUT2D eigenvalue weighted by atomic mass is 79.9. The summed E-state index contributed by atoms with van der Waals surface area (Å²) in [4.78, 5) is 0. The molecule has 0 amide bonds. The zero-order chi connectivity index (χ0) is 9.71. The molecule has 0 atom stereocenters. The highest BCUT2D eigenvalue weighted by Crippen LogP contribution is 2.49. The standard InChI is InChI=1S/C12H12Br2/c13-11-6-10(8-3-4-8)12(14)5-9(11)7-1-2-7/h5-8H,1-4H2. The fourth-order valence-electron chi connectivity index (χ4n) is 1.99. The first-order valence-electron chi connectivity index (χ1n) is 5.24. The Labute approximate surface area is 101 Å². The minimum absolute atomic E-state index is 0.828. The maximum Gasteiger partial charge on any atom is 0.0213 e. The van der Waals surface area contributed by atoms with Crippen LogP contribution in [0, 0.1) is 0 Å². The van der Waals surface area contributed by atoms with E-state index in [9.17, 15) is 0 Å². The third-order valence-electron chi connectivity index (χ3n) is 3.15. The van der Waals surface area contributed by atoms with Gasteiger partial charge in [-0.25, -0.2) is 0 Å². The van der Waals surface area contributed by atoms with Gasteiger partial charge in [-0.3, -0.25) is 0 Å².